The smallest absolute Gasteiger partial charge is 0.331 e. The van der Waals surface area contributed by atoms with E-state index < -0.39 is 16.0 Å². The van der Waals surface area contributed by atoms with Crippen LogP contribution in [0.5, 0.6) is 5.75 Å². The van der Waals surface area contributed by atoms with Gasteiger partial charge in [0.2, 0.25) is 10.0 Å². The van der Waals surface area contributed by atoms with Crippen LogP contribution in [0, 0.1) is 0 Å². The molecule has 1 aliphatic rings. The highest BCUT2D eigenvalue weighted by Gasteiger charge is 2.29. The lowest BCUT2D eigenvalue weighted by Crippen LogP contribution is -2.40. The van der Waals surface area contributed by atoms with Gasteiger partial charge in [-0.25, -0.2) is 18.2 Å². The number of hydrogen-bond acceptors (Lipinski definition) is 9. The van der Waals surface area contributed by atoms with Gasteiger partial charge in [-0.2, -0.15) is 4.31 Å². The van der Waals surface area contributed by atoms with Gasteiger partial charge in [0.25, 0.3) is 5.56 Å². The predicted molar refractivity (Wildman–Crippen MR) is 121 cm³/mol. The number of fused-ring (bicyclic) bond motifs is 1. The number of carbonyl (C=O) groups is 1. The van der Waals surface area contributed by atoms with Crippen molar-refractivity contribution in [1.82, 2.24) is 13.7 Å². The van der Waals surface area contributed by atoms with E-state index in [4.69, 9.17) is 14.2 Å². The molecule has 0 aliphatic carbocycles. The summed E-state index contributed by atoms with van der Waals surface area (Å²) in [4.78, 5) is 29.0. The highest BCUT2D eigenvalue weighted by atomic mass is 32.2. The normalized spacial score (nSPS) is 15.2. The van der Waals surface area contributed by atoms with Crippen LogP contribution in [0.1, 0.15) is 11.3 Å². The third kappa shape index (κ3) is 5.14. The van der Waals surface area contributed by atoms with Crippen molar-refractivity contribution in [2.45, 2.75) is 11.5 Å². The van der Waals surface area contributed by atoms with Crippen molar-refractivity contribution in [3.05, 3.63) is 63.5 Å². The average Bonchev–Trinajstić information content (AvgIpc) is 3.31. The molecule has 0 bridgehead atoms. The molecule has 174 valence electrons. The van der Waals surface area contributed by atoms with Gasteiger partial charge in [-0.05, 0) is 23.8 Å². The molecule has 0 saturated carbocycles. The zero-order valence-corrected chi connectivity index (χ0v) is 19.3. The summed E-state index contributed by atoms with van der Waals surface area (Å²) in [5, 5.41) is 1.74. The number of ether oxygens (including phenoxy) is 3. The van der Waals surface area contributed by atoms with Gasteiger partial charge in [0.1, 0.15) is 17.3 Å². The molecule has 10 nitrogen and oxygen atoms in total. The van der Waals surface area contributed by atoms with Crippen molar-refractivity contribution < 1.29 is 27.4 Å². The van der Waals surface area contributed by atoms with Crippen LogP contribution < -0.4 is 10.3 Å². The van der Waals surface area contributed by atoms with Crippen LogP contribution in [-0.2, 0) is 30.9 Å². The molecule has 2 aromatic heterocycles. The van der Waals surface area contributed by atoms with E-state index in [2.05, 4.69) is 4.98 Å². The number of morpholine rings is 1. The Hall–Kier alpha value is -3.06. The van der Waals surface area contributed by atoms with Gasteiger partial charge in [0.15, 0.2) is 4.96 Å². The maximum absolute atomic E-state index is 13.1. The Labute approximate surface area is 193 Å². The summed E-state index contributed by atoms with van der Waals surface area (Å²) in [6.45, 7) is 1.01. The Balaban J connectivity index is 1.47. The Bertz CT molecular complexity index is 1360. The van der Waals surface area contributed by atoms with E-state index in [0.717, 1.165) is 0 Å². The van der Waals surface area contributed by atoms with Gasteiger partial charge < -0.3 is 14.2 Å². The number of carbonyl (C=O) groups excluding carboxylic acids is 1. The molecule has 1 aromatic carbocycles. The molecule has 12 heteroatoms. The monoisotopic (exact) mass is 491 g/mol. The van der Waals surface area contributed by atoms with Gasteiger partial charge in [0.05, 0.1) is 26.0 Å². The molecule has 0 N–H and O–H groups in total. The average molecular weight is 492 g/mol. The van der Waals surface area contributed by atoms with Crippen molar-refractivity contribution in [1.29, 1.82) is 0 Å². The molecule has 0 atom stereocenters. The van der Waals surface area contributed by atoms with Gasteiger partial charge >= 0.3 is 5.97 Å². The molecule has 0 amide bonds. The summed E-state index contributed by atoms with van der Waals surface area (Å²) < 4.78 is 44.5. The summed E-state index contributed by atoms with van der Waals surface area (Å²) in [5.74, 6) is -0.445. The Morgan fingerprint density at radius 1 is 1.27 bits per heavy atom. The van der Waals surface area contributed by atoms with Crippen molar-refractivity contribution in [3.63, 3.8) is 0 Å². The number of esters is 1. The fourth-order valence-corrected chi connectivity index (χ4v) is 5.58. The first kappa shape index (κ1) is 23.1. The van der Waals surface area contributed by atoms with Gasteiger partial charge in [-0.1, -0.05) is 6.07 Å². The second-order valence-electron chi connectivity index (χ2n) is 7.01. The standard InChI is InChI=1S/C21H21N3O7S2/c1-29-17-4-2-15(12-18(17)33(27,28)23-6-9-30-10-7-23)3-5-20(26)31-14-16-13-19(25)24-8-11-32-21(24)22-16/h2-5,8,11-13H,6-7,9-10,14H2,1H3. The maximum atomic E-state index is 13.1. The molecule has 3 aromatic rings. The number of methoxy groups -OCH3 is 1. The van der Waals surface area contributed by atoms with Gasteiger partial charge in [0, 0.05) is 36.8 Å². The zero-order valence-electron chi connectivity index (χ0n) is 17.7. The zero-order chi connectivity index (χ0) is 23.4. The first-order chi connectivity index (χ1) is 15.9. The molecule has 0 radical (unpaired) electrons. The first-order valence-corrected chi connectivity index (χ1v) is 12.3. The molecule has 0 unspecified atom stereocenters. The molecule has 4 rings (SSSR count). The van der Waals surface area contributed by atoms with E-state index in [9.17, 15) is 18.0 Å². The molecule has 33 heavy (non-hydrogen) atoms. The quantitative estimate of drug-likeness (QED) is 0.361. The topological polar surface area (TPSA) is 117 Å². The Morgan fingerprint density at radius 3 is 2.82 bits per heavy atom. The number of rotatable bonds is 7. The van der Waals surface area contributed by atoms with E-state index in [1.54, 1.807) is 17.6 Å². The van der Waals surface area contributed by atoms with Crippen molar-refractivity contribution >= 4 is 38.4 Å². The Kier molecular flexibility index (Phi) is 6.88. The van der Waals surface area contributed by atoms with E-state index in [-0.39, 0.29) is 35.9 Å². The van der Waals surface area contributed by atoms with Crippen LogP contribution in [0.25, 0.3) is 11.0 Å². The lowest BCUT2D eigenvalue weighted by molar-refractivity contribution is -0.139. The molecule has 1 aliphatic heterocycles. The van der Waals surface area contributed by atoms with Crippen LogP contribution in [0.15, 0.2) is 51.6 Å². The van der Waals surface area contributed by atoms with Crippen LogP contribution >= 0.6 is 11.3 Å². The van der Waals surface area contributed by atoms with Crippen LogP contribution in [0.2, 0.25) is 0 Å². The van der Waals surface area contributed by atoms with E-state index in [1.807, 2.05) is 0 Å². The molecule has 1 fully saturated rings. The molecular weight excluding hydrogens is 470 g/mol. The summed E-state index contributed by atoms with van der Waals surface area (Å²) in [7, 11) is -2.39. The van der Waals surface area contributed by atoms with Crippen LogP contribution in [-0.4, -0.2) is 61.5 Å². The fraction of sp³-hybridized carbons (Fsp3) is 0.286. The number of hydrogen-bond donors (Lipinski definition) is 0. The van der Waals surface area contributed by atoms with Crippen molar-refractivity contribution in [2.24, 2.45) is 0 Å². The number of nitrogens with zero attached hydrogens (tertiary/aromatic N) is 3. The summed E-state index contributed by atoms with van der Waals surface area (Å²) >= 11 is 1.30. The molecule has 3 heterocycles. The van der Waals surface area contributed by atoms with Crippen LogP contribution in [0.3, 0.4) is 0 Å². The number of aromatic nitrogens is 2. The molecular formula is C21H21N3O7S2. The predicted octanol–water partition coefficient (Wildman–Crippen LogP) is 1.54. The second kappa shape index (κ2) is 9.83. The van der Waals surface area contributed by atoms with Crippen LogP contribution in [0.4, 0.5) is 0 Å². The fourth-order valence-electron chi connectivity index (χ4n) is 3.24. The minimum absolute atomic E-state index is 0.0105. The maximum Gasteiger partial charge on any atom is 0.331 e. The summed E-state index contributed by atoms with van der Waals surface area (Å²) in [6.07, 6.45) is 4.25. The van der Waals surface area contributed by atoms with E-state index in [1.165, 1.54) is 57.5 Å². The van der Waals surface area contributed by atoms with Gasteiger partial charge in [-0.3, -0.25) is 9.20 Å². The lowest BCUT2D eigenvalue weighted by atomic mass is 10.2. The third-order valence-corrected chi connectivity index (χ3v) is 7.58. The number of sulfonamides is 1. The minimum atomic E-state index is -3.79. The summed E-state index contributed by atoms with van der Waals surface area (Å²) in [6, 6.07) is 5.92. The SMILES string of the molecule is COc1ccc(C=CC(=O)OCc2cc(=O)n3ccsc3n2)cc1S(=O)(=O)N1CCOCC1. The highest BCUT2D eigenvalue weighted by molar-refractivity contribution is 7.89. The molecule has 1 saturated heterocycles. The highest BCUT2D eigenvalue weighted by Crippen LogP contribution is 2.28. The van der Waals surface area contributed by atoms with E-state index >= 15 is 0 Å². The third-order valence-electron chi connectivity index (χ3n) is 4.91. The Morgan fingerprint density at radius 2 is 2.06 bits per heavy atom. The minimum Gasteiger partial charge on any atom is -0.495 e. The number of benzene rings is 1. The van der Waals surface area contributed by atoms with Gasteiger partial charge in [-0.15, -0.1) is 11.3 Å². The first-order valence-electron chi connectivity index (χ1n) is 9.95. The van der Waals surface area contributed by atoms with Crippen molar-refractivity contribution in [2.75, 3.05) is 33.4 Å². The second-order valence-corrected chi connectivity index (χ2v) is 9.79. The van der Waals surface area contributed by atoms with E-state index in [0.29, 0.717) is 29.4 Å². The molecule has 0 spiro atoms. The summed E-state index contributed by atoms with van der Waals surface area (Å²) in [5.41, 5.74) is 0.568. The largest absolute Gasteiger partial charge is 0.495 e. The van der Waals surface area contributed by atoms with Crippen molar-refractivity contribution in [3.8, 4) is 5.75 Å². The lowest BCUT2D eigenvalue weighted by Gasteiger charge is -2.26. The number of thiazole rings is 1.